The summed E-state index contributed by atoms with van der Waals surface area (Å²) in [6.07, 6.45) is 5.12. The molecule has 0 aliphatic carbocycles. The van der Waals surface area contributed by atoms with Gasteiger partial charge in [-0.25, -0.2) is 9.13 Å². The van der Waals surface area contributed by atoms with E-state index in [1.54, 1.807) is 52.1 Å². The van der Waals surface area contributed by atoms with Crippen molar-refractivity contribution in [2.75, 3.05) is 0 Å². The first-order chi connectivity index (χ1) is 14.8. The third-order valence-electron chi connectivity index (χ3n) is 3.88. The summed E-state index contributed by atoms with van der Waals surface area (Å²) in [5.41, 5.74) is 0.938. The molecular formula is C23H25Cl4N2O2+. The number of carbonyl (C=O) groups excluding carboxylic acids is 2. The van der Waals surface area contributed by atoms with Gasteiger partial charge < -0.3 is 0 Å². The zero-order valence-electron chi connectivity index (χ0n) is 17.8. The van der Waals surface area contributed by atoms with Crippen LogP contribution in [0, 0.1) is 0 Å². The number of rotatable bonds is 6. The van der Waals surface area contributed by atoms with Gasteiger partial charge in [0.1, 0.15) is 12.4 Å². The van der Waals surface area contributed by atoms with Gasteiger partial charge >= 0.3 is 0 Å². The van der Waals surface area contributed by atoms with Gasteiger partial charge in [-0.3, -0.25) is 9.59 Å². The molecule has 0 saturated carbocycles. The van der Waals surface area contributed by atoms with E-state index < -0.39 is 0 Å². The number of benzene rings is 2. The van der Waals surface area contributed by atoms with Crippen LogP contribution in [-0.2, 0) is 13.1 Å². The molecule has 0 unspecified atom stereocenters. The molecule has 1 aromatic heterocycles. The summed E-state index contributed by atoms with van der Waals surface area (Å²) < 4.78 is 3.37. The Hall–Kier alpha value is -1.85. The average Bonchev–Trinajstić information content (AvgIpc) is 3.21. The molecule has 3 rings (SSSR count). The molecule has 0 saturated heterocycles. The van der Waals surface area contributed by atoms with Crippen LogP contribution in [0.15, 0.2) is 55.1 Å². The van der Waals surface area contributed by atoms with Crippen molar-refractivity contribution in [3.63, 3.8) is 0 Å². The zero-order valence-corrected chi connectivity index (χ0v) is 20.9. The van der Waals surface area contributed by atoms with Gasteiger partial charge in [0.15, 0.2) is 13.1 Å². The molecule has 0 aliphatic heterocycles. The quantitative estimate of drug-likeness (QED) is 0.264. The summed E-state index contributed by atoms with van der Waals surface area (Å²) in [6.45, 7) is 8.23. The number of halogens is 4. The second-order valence-electron chi connectivity index (χ2n) is 5.86. The van der Waals surface area contributed by atoms with Crippen LogP contribution in [0.3, 0.4) is 0 Å². The molecule has 3 aromatic rings. The molecule has 0 amide bonds. The number of imidazole rings is 1. The van der Waals surface area contributed by atoms with Crippen LogP contribution in [0.25, 0.3) is 0 Å². The smallest absolute Gasteiger partial charge is 0.244 e. The highest BCUT2D eigenvalue weighted by atomic mass is 35.5. The highest BCUT2D eigenvalue weighted by Gasteiger charge is 2.16. The lowest BCUT2D eigenvalue weighted by atomic mass is 10.1. The van der Waals surface area contributed by atoms with E-state index in [1.165, 1.54) is 12.1 Å². The van der Waals surface area contributed by atoms with Gasteiger partial charge in [0, 0.05) is 11.1 Å². The molecule has 1 heterocycles. The van der Waals surface area contributed by atoms with Crippen molar-refractivity contribution in [2.45, 2.75) is 40.8 Å². The minimum Gasteiger partial charge on any atom is -0.290 e. The lowest BCUT2D eigenvalue weighted by molar-refractivity contribution is -0.682. The van der Waals surface area contributed by atoms with E-state index in [9.17, 15) is 9.59 Å². The molecule has 0 spiro atoms. The second kappa shape index (κ2) is 13.5. The Morgan fingerprint density at radius 3 is 1.74 bits per heavy atom. The van der Waals surface area contributed by atoms with E-state index in [1.807, 2.05) is 27.7 Å². The molecule has 2 aromatic carbocycles. The van der Waals surface area contributed by atoms with Crippen molar-refractivity contribution >= 4 is 58.0 Å². The zero-order chi connectivity index (χ0) is 23.6. The normalized spacial score (nSPS) is 9.81. The monoisotopic (exact) mass is 501 g/mol. The Bertz CT molecular complexity index is 952. The molecule has 166 valence electrons. The number of carbonyl (C=O) groups is 2. The Balaban J connectivity index is 0.00000113. The predicted molar refractivity (Wildman–Crippen MR) is 129 cm³/mol. The maximum absolute atomic E-state index is 12.4. The highest BCUT2D eigenvalue weighted by molar-refractivity contribution is 6.42. The number of ketones is 2. The van der Waals surface area contributed by atoms with Crippen LogP contribution in [0.5, 0.6) is 0 Å². The first kappa shape index (κ1) is 27.2. The Morgan fingerprint density at radius 1 is 0.774 bits per heavy atom. The third kappa shape index (κ3) is 7.97. The summed E-state index contributed by atoms with van der Waals surface area (Å²) in [7, 11) is 0. The number of nitrogens with zero attached hydrogens (tertiary/aromatic N) is 2. The number of aromatic nitrogens is 2. The van der Waals surface area contributed by atoms with Crippen molar-refractivity contribution in [3.05, 3.63) is 86.3 Å². The molecule has 0 atom stereocenters. The highest BCUT2D eigenvalue weighted by Crippen LogP contribution is 2.23. The van der Waals surface area contributed by atoms with Gasteiger partial charge in [0.2, 0.25) is 17.9 Å². The standard InChI is InChI=1S/C19H13Cl4N2O2.2C2H6/c20-14-3-1-12(7-16(14)22)18(26)9-24-5-6-25(11-24)10-19(27)13-2-4-15(21)17(23)8-13;2*1-2/h1-8,11H,9-10H2;2*1-2H3/q+1;;. The van der Waals surface area contributed by atoms with Gasteiger partial charge in [0.25, 0.3) is 0 Å². The average molecular weight is 503 g/mol. The Morgan fingerprint density at radius 2 is 1.26 bits per heavy atom. The maximum atomic E-state index is 12.4. The maximum Gasteiger partial charge on any atom is 0.244 e. The summed E-state index contributed by atoms with van der Waals surface area (Å²) in [4.78, 5) is 24.7. The Kier molecular flexibility index (Phi) is 11.9. The van der Waals surface area contributed by atoms with Crippen LogP contribution in [0.1, 0.15) is 48.4 Å². The van der Waals surface area contributed by atoms with E-state index in [2.05, 4.69) is 0 Å². The SMILES string of the molecule is CC.CC.O=C(Cn1cc[n+](CC(=O)c2ccc(Cl)c(Cl)c2)c1)c1ccc(Cl)c(Cl)c1. The number of hydrogen-bond acceptors (Lipinski definition) is 2. The van der Waals surface area contributed by atoms with E-state index in [0.717, 1.165) is 0 Å². The molecule has 0 aliphatic rings. The molecule has 0 N–H and O–H groups in total. The van der Waals surface area contributed by atoms with Crippen LogP contribution < -0.4 is 4.57 Å². The first-order valence-electron chi connectivity index (χ1n) is 9.85. The van der Waals surface area contributed by atoms with Crippen molar-refractivity contribution in [1.82, 2.24) is 4.57 Å². The van der Waals surface area contributed by atoms with E-state index in [-0.39, 0.29) is 24.7 Å². The fourth-order valence-corrected chi connectivity index (χ4v) is 3.08. The van der Waals surface area contributed by atoms with Crippen LogP contribution in [0.4, 0.5) is 0 Å². The number of hydrogen-bond donors (Lipinski definition) is 0. The minimum atomic E-state index is -0.118. The summed E-state index contributed by atoms with van der Waals surface area (Å²) in [5, 5.41) is 1.45. The lowest BCUT2D eigenvalue weighted by Crippen LogP contribution is -2.36. The largest absolute Gasteiger partial charge is 0.290 e. The topological polar surface area (TPSA) is 43.0 Å². The fraction of sp³-hybridized carbons (Fsp3) is 0.261. The van der Waals surface area contributed by atoms with Gasteiger partial charge in [-0.15, -0.1) is 0 Å². The second-order valence-corrected chi connectivity index (χ2v) is 7.49. The van der Waals surface area contributed by atoms with Crippen molar-refractivity contribution < 1.29 is 14.2 Å². The molecule has 0 fully saturated rings. The van der Waals surface area contributed by atoms with Crippen LogP contribution in [-0.4, -0.2) is 16.1 Å². The molecule has 31 heavy (non-hydrogen) atoms. The number of Topliss-reactive ketones (excluding diaryl/α,β-unsaturated/α-hetero) is 2. The third-order valence-corrected chi connectivity index (χ3v) is 5.36. The lowest BCUT2D eigenvalue weighted by Gasteiger charge is -2.02. The fourth-order valence-electron chi connectivity index (χ4n) is 2.48. The van der Waals surface area contributed by atoms with Crippen LogP contribution in [0.2, 0.25) is 20.1 Å². The molecule has 4 nitrogen and oxygen atoms in total. The molecular weight excluding hydrogens is 478 g/mol. The van der Waals surface area contributed by atoms with E-state index >= 15 is 0 Å². The van der Waals surface area contributed by atoms with Crippen molar-refractivity contribution in [1.29, 1.82) is 0 Å². The van der Waals surface area contributed by atoms with Crippen molar-refractivity contribution in [2.24, 2.45) is 0 Å². The van der Waals surface area contributed by atoms with E-state index in [0.29, 0.717) is 31.2 Å². The first-order valence-corrected chi connectivity index (χ1v) is 11.4. The summed E-state index contributed by atoms with van der Waals surface area (Å²) in [5.74, 6) is -0.237. The van der Waals surface area contributed by atoms with Crippen molar-refractivity contribution in [3.8, 4) is 0 Å². The molecule has 0 bridgehead atoms. The predicted octanol–water partition coefficient (Wildman–Crippen LogP) is 7.21. The Labute approximate surface area is 203 Å². The van der Waals surface area contributed by atoms with Gasteiger partial charge in [0.05, 0.1) is 20.1 Å². The van der Waals surface area contributed by atoms with Gasteiger partial charge in [-0.1, -0.05) is 74.1 Å². The minimum absolute atomic E-state index is 0.117. The molecule has 0 radical (unpaired) electrons. The summed E-state index contributed by atoms with van der Waals surface area (Å²) >= 11 is 23.6. The molecule has 8 heteroatoms. The van der Waals surface area contributed by atoms with Crippen LogP contribution >= 0.6 is 46.4 Å². The summed E-state index contributed by atoms with van der Waals surface area (Å²) in [6, 6.07) is 9.50. The van der Waals surface area contributed by atoms with Gasteiger partial charge in [-0.2, -0.15) is 0 Å². The van der Waals surface area contributed by atoms with E-state index in [4.69, 9.17) is 46.4 Å². The van der Waals surface area contributed by atoms with Gasteiger partial charge in [-0.05, 0) is 36.4 Å².